The van der Waals surface area contributed by atoms with E-state index in [1.165, 1.54) is 0 Å². The lowest BCUT2D eigenvalue weighted by atomic mass is 10.1. The van der Waals surface area contributed by atoms with E-state index in [0.29, 0.717) is 13.0 Å². The number of nitrogens with one attached hydrogen (secondary N) is 1. The van der Waals surface area contributed by atoms with E-state index in [-0.39, 0.29) is 18.6 Å². The van der Waals surface area contributed by atoms with Crippen molar-refractivity contribution in [1.29, 1.82) is 0 Å². The van der Waals surface area contributed by atoms with Crippen LogP contribution in [0.25, 0.3) is 0 Å². The van der Waals surface area contributed by atoms with Gasteiger partial charge in [0.25, 0.3) is 0 Å². The molecule has 0 radical (unpaired) electrons. The van der Waals surface area contributed by atoms with Crippen molar-refractivity contribution in [2.75, 3.05) is 13.2 Å². The summed E-state index contributed by atoms with van der Waals surface area (Å²) in [5.74, 6) is -1.16. The third kappa shape index (κ3) is 5.09. The van der Waals surface area contributed by atoms with Crippen molar-refractivity contribution in [3.8, 4) is 0 Å². The van der Waals surface area contributed by atoms with Gasteiger partial charge in [0, 0.05) is 19.2 Å². The summed E-state index contributed by atoms with van der Waals surface area (Å²) in [7, 11) is 0. The van der Waals surface area contributed by atoms with E-state index < -0.39 is 5.97 Å². The zero-order valence-corrected chi connectivity index (χ0v) is 7.58. The van der Waals surface area contributed by atoms with E-state index in [9.17, 15) is 4.79 Å². The Labute approximate surface area is 72.6 Å². The van der Waals surface area contributed by atoms with Crippen molar-refractivity contribution >= 4 is 5.97 Å². The summed E-state index contributed by atoms with van der Waals surface area (Å²) in [5.41, 5.74) is 0. The fourth-order valence-corrected chi connectivity index (χ4v) is 0.761. The quantitative estimate of drug-likeness (QED) is 0.534. The lowest BCUT2D eigenvalue weighted by Crippen LogP contribution is -2.33. The van der Waals surface area contributed by atoms with Gasteiger partial charge in [0.05, 0.1) is 5.92 Å². The largest absolute Gasteiger partial charge is 0.481 e. The molecule has 0 aliphatic rings. The maximum absolute atomic E-state index is 10.4. The Morgan fingerprint density at radius 3 is 2.50 bits per heavy atom. The van der Waals surface area contributed by atoms with Crippen LogP contribution >= 0.6 is 0 Å². The highest BCUT2D eigenvalue weighted by atomic mass is 16.4. The van der Waals surface area contributed by atoms with Crippen LogP contribution in [0.4, 0.5) is 0 Å². The standard InChI is InChI=1S/C8H17NO3/c1-6(8(11)12)5-9-7(2)3-4-10/h6-7,9-10H,3-5H2,1-2H3,(H,11,12). The number of hydrogen-bond donors (Lipinski definition) is 3. The molecule has 0 spiro atoms. The Balaban J connectivity index is 3.46. The molecule has 4 nitrogen and oxygen atoms in total. The molecule has 0 aliphatic heterocycles. The summed E-state index contributed by atoms with van der Waals surface area (Å²) < 4.78 is 0. The molecule has 3 N–H and O–H groups in total. The van der Waals surface area contributed by atoms with Crippen LogP contribution < -0.4 is 5.32 Å². The van der Waals surface area contributed by atoms with E-state index in [1.807, 2.05) is 6.92 Å². The van der Waals surface area contributed by atoms with Crippen LogP contribution in [-0.4, -0.2) is 35.4 Å². The lowest BCUT2D eigenvalue weighted by molar-refractivity contribution is -0.140. The van der Waals surface area contributed by atoms with Gasteiger partial charge in [0.2, 0.25) is 0 Å². The van der Waals surface area contributed by atoms with E-state index in [0.717, 1.165) is 0 Å². The molecule has 12 heavy (non-hydrogen) atoms. The molecule has 4 heteroatoms. The molecule has 0 aromatic carbocycles. The Morgan fingerprint density at radius 1 is 1.50 bits per heavy atom. The summed E-state index contributed by atoms with van der Waals surface area (Å²) >= 11 is 0. The summed E-state index contributed by atoms with van der Waals surface area (Å²) in [6.07, 6.45) is 0.659. The molecule has 0 aromatic heterocycles. The average Bonchev–Trinajstić information content (AvgIpc) is 2.00. The van der Waals surface area contributed by atoms with Crippen molar-refractivity contribution in [3.63, 3.8) is 0 Å². The molecule has 0 aromatic rings. The summed E-state index contributed by atoms with van der Waals surface area (Å²) in [6, 6.07) is 0.178. The first kappa shape index (κ1) is 11.4. The highest BCUT2D eigenvalue weighted by molar-refractivity contribution is 5.69. The van der Waals surface area contributed by atoms with Crippen LogP contribution in [0.15, 0.2) is 0 Å². The van der Waals surface area contributed by atoms with Gasteiger partial charge in [-0.15, -0.1) is 0 Å². The Kier molecular flexibility index (Phi) is 5.66. The zero-order valence-electron chi connectivity index (χ0n) is 7.58. The average molecular weight is 175 g/mol. The predicted molar refractivity (Wildman–Crippen MR) is 46.0 cm³/mol. The van der Waals surface area contributed by atoms with Gasteiger partial charge in [-0.3, -0.25) is 4.79 Å². The zero-order chi connectivity index (χ0) is 9.56. The molecular formula is C8H17NO3. The Hall–Kier alpha value is -0.610. The molecular weight excluding hydrogens is 158 g/mol. The predicted octanol–water partition coefficient (Wildman–Crippen LogP) is 0.0676. The van der Waals surface area contributed by atoms with E-state index in [4.69, 9.17) is 10.2 Å². The SMILES string of the molecule is CC(CCO)NCC(C)C(=O)O. The van der Waals surface area contributed by atoms with Gasteiger partial charge in [-0.25, -0.2) is 0 Å². The van der Waals surface area contributed by atoms with E-state index in [2.05, 4.69) is 5.32 Å². The minimum absolute atomic E-state index is 0.135. The van der Waals surface area contributed by atoms with Crippen LogP contribution in [-0.2, 0) is 4.79 Å². The van der Waals surface area contributed by atoms with Gasteiger partial charge in [0.15, 0.2) is 0 Å². The van der Waals surface area contributed by atoms with Crippen LogP contribution in [0.2, 0.25) is 0 Å². The molecule has 2 atom stereocenters. The molecule has 0 fully saturated rings. The topological polar surface area (TPSA) is 69.6 Å². The number of carboxylic acids is 1. The fourth-order valence-electron chi connectivity index (χ4n) is 0.761. The second-order valence-corrected chi connectivity index (χ2v) is 3.06. The number of hydrogen-bond acceptors (Lipinski definition) is 3. The van der Waals surface area contributed by atoms with Gasteiger partial charge >= 0.3 is 5.97 Å². The lowest BCUT2D eigenvalue weighted by Gasteiger charge is -2.13. The fraction of sp³-hybridized carbons (Fsp3) is 0.875. The van der Waals surface area contributed by atoms with Gasteiger partial charge in [-0.1, -0.05) is 6.92 Å². The first-order valence-electron chi connectivity index (χ1n) is 4.15. The minimum Gasteiger partial charge on any atom is -0.481 e. The third-order valence-corrected chi connectivity index (χ3v) is 1.76. The van der Waals surface area contributed by atoms with Crippen LogP contribution in [0, 0.1) is 5.92 Å². The first-order chi connectivity index (χ1) is 5.57. The molecule has 0 bridgehead atoms. The van der Waals surface area contributed by atoms with Crippen molar-refractivity contribution in [2.24, 2.45) is 5.92 Å². The normalized spacial score (nSPS) is 15.6. The van der Waals surface area contributed by atoms with Crippen molar-refractivity contribution in [3.05, 3.63) is 0 Å². The number of aliphatic hydroxyl groups is 1. The second-order valence-electron chi connectivity index (χ2n) is 3.06. The maximum Gasteiger partial charge on any atom is 0.307 e. The van der Waals surface area contributed by atoms with Crippen LogP contribution in [0.5, 0.6) is 0 Å². The molecule has 2 unspecified atom stereocenters. The molecule has 0 amide bonds. The number of carbonyl (C=O) groups is 1. The first-order valence-corrected chi connectivity index (χ1v) is 4.15. The van der Waals surface area contributed by atoms with Crippen molar-refractivity contribution < 1.29 is 15.0 Å². The Morgan fingerprint density at radius 2 is 2.08 bits per heavy atom. The molecule has 0 heterocycles. The number of carboxylic acid groups (broad SMARTS) is 1. The van der Waals surface area contributed by atoms with Gasteiger partial charge in [0.1, 0.15) is 0 Å². The maximum atomic E-state index is 10.4. The van der Waals surface area contributed by atoms with Crippen LogP contribution in [0.3, 0.4) is 0 Å². The summed E-state index contributed by atoms with van der Waals surface area (Å²) in [6.45, 7) is 4.16. The van der Waals surface area contributed by atoms with E-state index in [1.54, 1.807) is 6.92 Å². The molecule has 0 rings (SSSR count). The highest BCUT2D eigenvalue weighted by Gasteiger charge is 2.11. The minimum atomic E-state index is -0.793. The number of aliphatic carboxylic acids is 1. The van der Waals surface area contributed by atoms with Gasteiger partial charge < -0.3 is 15.5 Å². The Bertz CT molecular complexity index is 138. The molecule has 0 saturated heterocycles. The number of rotatable bonds is 6. The molecule has 0 aliphatic carbocycles. The van der Waals surface area contributed by atoms with Crippen molar-refractivity contribution in [2.45, 2.75) is 26.3 Å². The smallest absolute Gasteiger partial charge is 0.307 e. The monoisotopic (exact) mass is 175 g/mol. The molecule has 72 valence electrons. The van der Waals surface area contributed by atoms with E-state index >= 15 is 0 Å². The summed E-state index contributed by atoms with van der Waals surface area (Å²) in [5, 5.41) is 20.1. The highest BCUT2D eigenvalue weighted by Crippen LogP contribution is 1.94. The molecule has 0 saturated carbocycles. The van der Waals surface area contributed by atoms with Gasteiger partial charge in [-0.2, -0.15) is 0 Å². The summed E-state index contributed by atoms with van der Waals surface area (Å²) in [4.78, 5) is 10.4. The van der Waals surface area contributed by atoms with Gasteiger partial charge in [-0.05, 0) is 13.3 Å². The number of aliphatic hydroxyl groups excluding tert-OH is 1. The second kappa shape index (κ2) is 5.97. The van der Waals surface area contributed by atoms with Crippen molar-refractivity contribution in [1.82, 2.24) is 5.32 Å². The van der Waals surface area contributed by atoms with Crippen LogP contribution in [0.1, 0.15) is 20.3 Å². The third-order valence-electron chi connectivity index (χ3n) is 1.76.